The Labute approximate surface area is 196 Å². The Kier molecular flexibility index (Phi) is 5.53. The van der Waals surface area contributed by atoms with Crippen LogP contribution < -0.4 is 16.0 Å². The fraction of sp³-hybridized carbons (Fsp3) is 0.667. The second-order valence-corrected chi connectivity index (χ2v) is 11.5. The zero-order valence-electron chi connectivity index (χ0n) is 20.1. The van der Waals surface area contributed by atoms with Crippen molar-refractivity contribution >= 4 is 29.1 Å². The summed E-state index contributed by atoms with van der Waals surface area (Å²) in [6.07, 6.45) is 8.25. The lowest BCUT2D eigenvalue weighted by Crippen LogP contribution is -2.61. The van der Waals surface area contributed by atoms with Gasteiger partial charge < -0.3 is 16.0 Å². The van der Waals surface area contributed by atoms with Gasteiger partial charge >= 0.3 is 0 Å². The molecule has 1 aromatic rings. The van der Waals surface area contributed by atoms with Gasteiger partial charge in [0.2, 0.25) is 17.7 Å². The van der Waals surface area contributed by atoms with Gasteiger partial charge in [-0.25, -0.2) is 0 Å². The lowest BCUT2D eigenvalue weighted by molar-refractivity contribution is -0.140. The third-order valence-electron chi connectivity index (χ3n) is 9.88. The molecule has 7 atom stereocenters. The van der Waals surface area contributed by atoms with Crippen LogP contribution in [0, 0.1) is 34.5 Å². The number of carbonyl (C=O) groups excluding carboxylic acids is 3. The van der Waals surface area contributed by atoms with Crippen molar-refractivity contribution in [3.8, 4) is 0 Å². The highest BCUT2D eigenvalue weighted by atomic mass is 16.2. The zero-order valence-corrected chi connectivity index (χ0v) is 20.1. The van der Waals surface area contributed by atoms with Crippen molar-refractivity contribution in [1.82, 2.24) is 5.32 Å². The molecule has 3 saturated carbocycles. The normalized spacial score (nSPS) is 39.5. The summed E-state index contributed by atoms with van der Waals surface area (Å²) in [4.78, 5) is 36.6. The molecule has 0 spiro atoms. The Hall–Kier alpha value is -2.37. The van der Waals surface area contributed by atoms with E-state index < -0.39 is 0 Å². The predicted octanol–water partition coefficient (Wildman–Crippen LogP) is 4.72. The number of hydrogen-bond acceptors (Lipinski definition) is 3. The number of rotatable bonds is 3. The van der Waals surface area contributed by atoms with Crippen molar-refractivity contribution < 1.29 is 14.4 Å². The first-order valence-corrected chi connectivity index (χ1v) is 12.7. The second kappa shape index (κ2) is 8.14. The summed E-state index contributed by atoms with van der Waals surface area (Å²) >= 11 is 0. The van der Waals surface area contributed by atoms with E-state index in [2.05, 4.69) is 29.8 Å². The van der Waals surface area contributed by atoms with Gasteiger partial charge in [0, 0.05) is 36.7 Å². The lowest BCUT2D eigenvalue weighted by atomic mass is 9.47. The highest BCUT2D eigenvalue weighted by molar-refractivity contribution is 5.94. The maximum atomic E-state index is 13.4. The number of amides is 3. The van der Waals surface area contributed by atoms with Crippen LogP contribution in [0.3, 0.4) is 0 Å². The van der Waals surface area contributed by atoms with Crippen LogP contribution in [-0.2, 0) is 14.4 Å². The first-order chi connectivity index (χ1) is 15.7. The molecule has 3 amide bonds. The van der Waals surface area contributed by atoms with Crippen molar-refractivity contribution in [2.24, 2.45) is 34.5 Å². The van der Waals surface area contributed by atoms with E-state index in [1.807, 2.05) is 24.3 Å². The Bertz CT molecular complexity index is 960. The SMILES string of the molecule is CC(=O)Nc1ccc(NC(=O)[C@H]2CC[C@H]3[C@@H]4CC[C@H]5NC(=O)CC[C@]5(C)[C@H]4CC[C@]23C)cc1. The third kappa shape index (κ3) is 3.75. The van der Waals surface area contributed by atoms with Crippen molar-refractivity contribution in [3.05, 3.63) is 24.3 Å². The van der Waals surface area contributed by atoms with Crippen LogP contribution in [0.2, 0.25) is 0 Å². The summed E-state index contributed by atoms with van der Waals surface area (Å²) in [7, 11) is 0. The monoisotopic (exact) mass is 451 g/mol. The van der Waals surface area contributed by atoms with E-state index in [9.17, 15) is 14.4 Å². The lowest BCUT2D eigenvalue weighted by Gasteiger charge is -2.60. The quantitative estimate of drug-likeness (QED) is 0.621. The topological polar surface area (TPSA) is 87.3 Å². The Morgan fingerprint density at radius 1 is 0.879 bits per heavy atom. The van der Waals surface area contributed by atoms with E-state index >= 15 is 0 Å². The number of fused-ring (bicyclic) bond motifs is 5. The highest BCUT2D eigenvalue weighted by Crippen LogP contribution is 2.65. The van der Waals surface area contributed by atoms with Crippen LogP contribution in [0.1, 0.15) is 72.1 Å². The van der Waals surface area contributed by atoms with Crippen molar-refractivity contribution in [2.45, 2.75) is 78.2 Å². The smallest absolute Gasteiger partial charge is 0.228 e. The van der Waals surface area contributed by atoms with Gasteiger partial charge in [-0.05, 0) is 97.8 Å². The van der Waals surface area contributed by atoms with Crippen molar-refractivity contribution in [1.29, 1.82) is 0 Å². The molecule has 33 heavy (non-hydrogen) atoms. The van der Waals surface area contributed by atoms with Crippen LogP contribution in [0.15, 0.2) is 24.3 Å². The molecule has 1 heterocycles. The van der Waals surface area contributed by atoms with Gasteiger partial charge in [0.15, 0.2) is 0 Å². The van der Waals surface area contributed by atoms with Gasteiger partial charge in [0.1, 0.15) is 0 Å². The number of anilines is 2. The van der Waals surface area contributed by atoms with Gasteiger partial charge in [0.05, 0.1) is 0 Å². The van der Waals surface area contributed by atoms with Gasteiger partial charge in [-0.1, -0.05) is 13.8 Å². The summed E-state index contributed by atoms with van der Waals surface area (Å²) in [6.45, 7) is 6.27. The van der Waals surface area contributed by atoms with Crippen LogP contribution in [0.4, 0.5) is 11.4 Å². The van der Waals surface area contributed by atoms with E-state index in [1.165, 1.54) is 13.3 Å². The molecule has 4 fully saturated rings. The van der Waals surface area contributed by atoms with E-state index in [0.717, 1.165) is 49.9 Å². The molecule has 1 aromatic carbocycles. The minimum absolute atomic E-state index is 0.0371. The minimum Gasteiger partial charge on any atom is -0.353 e. The van der Waals surface area contributed by atoms with Crippen molar-refractivity contribution in [3.63, 3.8) is 0 Å². The molecule has 5 rings (SSSR count). The summed E-state index contributed by atoms with van der Waals surface area (Å²) in [5, 5.41) is 9.22. The molecule has 6 heteroatoms. The van der Waals surface area contributed by atoms with Gasteiger partial charge in [-0.15, -0.1) is 0 Å². The van der Waals surface area contributed by atoms with Gasteiger partial charge in [0.25, 0.3) is 0 Å². The third-order valence-corrected chi connectivity index (χ3v) is 9.88. The summed E-state index contributed by atoms with van der Waals surface area (Å²) in [5.41, 5.74) is 1.76. The molecule has 1 saturated heterocycles. The molecular formula is C27H37N3O3. The first-order valence-electron chi connectivity index (χ1n) is 12.7. The standard InChI is InChI=1S/C27H37N3O3/c1-16(31)28-17-4-6-18(7-5-17)29-25(33)22-10-9-20-19-8-11-23-27(3,15-13-24(32)30-23)21(19)12-14-26(20,22)2/h4-7,19-23H,8-15H2,1-3H3,(H,28,31)(H,29,33)(H,30,32)/t19-,20-,21-,22+,23+,26-,27+/m0/s1. The maximum Gasteiger partial charge on any atom is 0.228 e. The molecule has 0 aromatic heterocycles. The molecule has 6 nitrogen and oxygen atoms in total. The highest BCUT2D eigenvalue weighted by Gasteiger charge is 2.61. The largest absolute Gasteiger partial charge is 0.353 e. The van der Waals surface area contributed by atoms with Crippen LogP contribution in [-0.4, -0.2) is 23.8 Å². The molecule has 0 unspecified atom stereocenters. The molecule has 3 aliphatic carbocycles. The van der Waals surface area contributed by atoms with Crippen molar-refractivity contribution in [2.75, 3.05) is 10.6 Å². The zero-order chi connectivity index (χ0) is 23.4. The average Bonchev–Trinajstić information content (AvgIpc) is 3.12. The Morgan fingerprint density at radius 2 is 1.55 bits per heavy atom. The molecular weight excluding hydrogens is 414 g/mol. The van der Waals surface area contributed by atoms with Crippen LogP contribution in [0.5, 0.6) is 0 Å². The predicted molar refractivity (Wildman–Crippen MR) is 128 cm³/mol. The Morgan fingerprint density at radius 3 is 2.24 bits per heavy atom. The van der Waals surface area contributed by atoms with Crippen LogP contribution >= 0.6 is 0 Å². The van der Waals surface area contributed by atoms with E-state index in [1.54, 1.807) is 0 Å². The fourth-order valence-electron chi connectivity index (χ4n) is 8.20. The molecule has 0 radical (unpaired) electrons. The fourth-order valence-corrected chi connectivity index (χ4v) is 8.20. The average molecular weight is 452 g/mol. The molecule has 178 valence electrons. The van der Waals surface area contributed by atoms with Gasteiger partial charge in [-0.3, -0.25) is 14.4 Å². The molecule has 3 N–H and O–H groups in total. The number of hydrogen-bond donors (Lipinski definition) is 3. The number of nitrogens with one attached hydrogen (secondary N) is 3. The molecule has 1 aliphatic heterocycles. The summed E-state index contributed by atoms with van der Waals surface area (Å²) in [6, 6.07) is 7.68. The molecule has 0 bridgehead atoms. The molecule has 4 aliphatic rings. The van der Waals surface area contributed by atoms with E-state index in [0.29, 0.717) is 30.2 Å². The first kappa shape index (κ1) is 22.4. The second-order valence-electron chi connectivity index (χ2n) is 11.5. The number of benzene rings is 1. The summed E-state index contributed by atoms with van der Waals surface area (Å²) < 4.78 is 0. The maximum absolute atomic E-state index is 13.4. The Balaban J connectivity index is 1.29. The van der Waals surface area contributed by atoms with Gasteiger partial charge in [-0.2, -0.15) is 0 Å². The summed E-state index contributed by atoms with van der Waals surface area (Å²) in [5.74, 6) is 2.19. The number of carbonyl (C=O) groups is 3. The minimum atomic E-state index is -0.106. The van der Waals surface area contributed by atoms with Crippen LogP contribution in [0.25, 0.3) is 0 Å². The van der Waals surface area contributed by atoms with E-state index in [4.69, 9.17) is 0 Å². The van der Waals surface area contributed by atoms with E-state index in [-0.39, 0.29) is 34.5 Å². The number of piperidine rings is 1.